The standard InChI is InChI=1S/C17H22N4O4S2/c1-7(2)12-10(19-16(26-12)18-9(5)22)14(23)21-17-20-11(15(24)25-6)13(27-17)8(3)4/h7-8H,1-6H3,(H,18,19,22)(H,20,21,23). The summed E-state index contributed by atoms with van der Waals surface area (Å²) < 4.78 is 4.76. The summed E-state index contributed by atoms with van der Waals surface area (Å²) in [6.07, 6.45) is 0. The van der Waals surface area contributed by atoms with Gasteiger partial charge in [-0.05, 0) is 11.8 Å². The highest BCUT2D eigenvalue weighted by molar-refractivity contribution is 7.16. The van der Waals surface area contributed by atoms with Crippen LogP contribution in [-0.4, -0.2) is 34.9 Å². The van der Waals surface area contributed by atoms with Gasteiger partial charge >= 0.3 is 5.97 Å². The predicted molar refractivity (Wildman–Crippen MR) is 106 cm³/mol. The second kappa shape index (κ2) is 8.57. The fourth-order valence-corrected chi connectivity index (χ4v) is 4.23. The number of carbonyl (C=O) groups excluding carboxylic acids is 3. The van der Waals surface area contributed by atoms with Crippen LogP contribution in [-0.2, 0) is 9.53 Å². The van der Waals surface area contributed by atoms with Gasteiger partial charge in [-0.25, -0.2) is 14.8 Å². The van der Waals surface area contributed by atoms with Gasteiger partial charge in [0.25, 0.3) is 5.91 Å². The number of esters is 1. The molecule has 2 aromatic rings. The SMILES string of the molecule is COC(=O)c1nc(NC(=O)c2nc(NC(C)=O)sc2C(C)C)sc1C(C)C. The lowest BCUT2D eigenvalue weighted by Gasteiger charge is -2.04. The summed E-state index contributed by atoms with van der Waals surface area (Å²) in [5.41, 5.74) is 0.439. The molecule has 8 nitrogen and oxygen atoms in total. The van der Waals surface area contributed by atoms with E-state index in [2.05, 4.69) is 20.6 Å². The monoisotopic (exact) mass is 410 g/mol. The highest BCUT2D eigenvalue weighted by Crippen LogP contribution is 2.33. The van der Waals surface area contributed by atoms with Crippen molar-refractivity contribution in [3.63, 3.8) is 0 Å². The fraction of sp³-hybridized carbons (Fsp3) is 0.471. The molecule has 2 amide bonds. The van der Waals surface area contributed by atoms with E-state index in [1.807, 2.05) is 27.7 Å². The van der Waals surface area contributed by atoms with E-state index in [0.29, 0.717) is 10.3 Å². The van der Waals surface area contributed by atoms with E-state index in [4.69, 9.17) is 4.74 Å². The molecule has 2 aromatic heterocycles. The second-order valence-corrected chi connectivity index (χ2v) is 8.46. The number of nitrogens with one attached hydrogen (secondary N) is 2. The zero-order valence-corrected chi connectivity index (χ0v) is 17.6. The number of amides is 2. The molecule has 0 saturated carbocycles. The molecule has 0 fully saturated rings. The lowest BCUT2D eigenvalue weighted by molar-refractivity contribution is -0.114. The lowest BCUT2D eigenvalue weighted by Crippen LogP contribution is -2.15. The van der Waals surface area contributed by atoms with E-state index in [9.17, 15) is 14.4 Å². The Balaban J connectivity index is 2.33. The number of nitrogens with zero attached hydrogens (tertiary/aromatic N) is 2. The van der Waals surface area contributed by atoms with Gasteiger partial charge in [0, 0.05) is 16.7 Å². The Bertz CT molecular complexity index is 870. The van der Waals surface area contributed by atoms with Gasteiger partial charge in [-0.3, -0.25) is 14.9 Å². The van der Waals surface area contributed by atoms with Crippen molar-refractivity contribution in [1.82, 2.24) is 9.97 Å². The third-order valence-electron chi connectivity index (χ3n) is 3.45. The smallest absolute Gasteiger partial charge is 0.357 e. The van der Waals surface area contributed by atoms with Gasteiger partial charge in [0.2, 0.25) is 5.91 Å². The average Bonchev–Trinajstić information content (AvgIpc) is 3.18. The van der Waals surface area contributed by atoms with Crippen LogP contribution in [0.2, 0.25) is 0 Å². The molecule has 0 aromatic carbocycles. The molecule has 10 heteroatoms. The number of methoxy groups -OCH3 is 1. The number of thiazole rings is 2. The Labute approximate surface area is 165 Å². The molecule has 0 bridgehead atoms. The van der Waals surface area contributed by atoms with Gasteiger partial charge in [-0.15, -0.1) is 22.7 Å². The lowest BCUT2D eigenvalue weighted by atomic mass is 10.1. The molecule has 0 saturated heterocycles. The Morgan fingerprint density at radius 1 is 0.889 bits per heavy atom. The van der Waals surface area contributed by atoms with Crippen molar-refractivity contribution in [1.29, 1.82) is 0 Å². The molecular formula is C17H22N4O4S2. The van der Waals surface area contributed by atoms with Crippen molar-refractivity contribution < 1.29 is 19.1 Å². The molecule has 146 valence electrons. The second-order valence-electron chi connectivity index (χ2n) is 6.40. The molecular weight excluding hydrogens is 388 g/mol. The molecule has 0 radical (unpaired) electrons. The summed E-state index contributed by atoms with van der Waals surface area (Å²) in [4.78, 5) is 45.9. The first-order valence-electron chi connectivity index (χ1n) is 8.32. The maximum Gasteiger partial charge on any atom is 0.357 e. The number of rotatable bonds is 6. The molecule has 2 rings (SSSR count). The first-order chi connectivity index (χ1) is 12.6. The van der Waals surface area contributed by atoms with Crippen LogP contribution in [0.25, 0.3) is 0 Å². The molecule has 0 aliphatic carbocycles. The number of anilines is 2. The molecule has 0 aliphatic rings. The summed E-state index contributed by atoms with van der Waals surface area (Å²) in [6.45, 7) is 9.13. The predicted octanol–water partition coefficient (Wildman–Crippen LogP) is 3.84. The summed E-state index contributed by atoms with van der Waals surface area (Å²) in [6, 6.07) is 0. The minimum Gasteiger partial charge on any atom is -0.464 e. The van der Waals surface area contributed by atoms with Crippen LogP contribution in [0.5, 0.6) is 0 Å². The Kier molecular flexibility index (Phi) is 6.66. The Hall–Kier alpha value is -2.33. The summed E-state index contributed by atoms with van der Waals surface area (Å²) in [5.74, 6) is -1.12. The van der Waals surface area contributed by atoms with E-state index < -0.39 is 11.9 Å². The highest BCUT2D eigenvalue weighted by atomic mass is 32.1. The van der Waals surface area contributed by atoms with Gasteiger partial charge in [0.05, 0.1) is 7.11 Å². The molecule has 0 atom stereocenters. The third-order valence-corrected chi connectivity index (χ3v) is 6.00. The minimum absolute atomic E-state index is 0.0545. The van der Waals surface area contributed by atoms with Crippen molar-refractivity contribution in [2.45, 2.75) is 46.5 Å². The van der Waals surface area contributed by atoms with Crippen LogP contribution >= 0.6 is 22.7 Å². The quantitative estimate of drug-likeness (QED) is 0.700. The van der Waals surface area contributed by atoms with Crippen LogP contribution in [0.15, 0.2) is 0 Å². The van der Waals surface area contributed by atoms with Gasteiger partial charge in [-0.2, -0.15) is 0 Å². The molecule has 2 N–H and O–H groups in total. The zero-order valence-electron chi connectivity index (χ0n) is 16.0. The third kappa shape index (κ3) is 4.89. The Morgan fingerprint density at radius 2 is 1.37 bits per heavy atom. The summed E-state index contributed by atoms with van der Waals surface area (Å²) in [7, 11) is 1.29. The number of hydrogen-bond donors (Lipinski definition) is 2. The van der Waals surface area contributed by atoms with Crippen LogP contribution < -0.4 is 10.6 Å². The first-order valence-corrected chi connectivity index (χ1v) is 9.96. The fourth-order valence-electron chi connectivity index (χ4n) is 2.27. The molecule has 27 heavy (non-hydrogen) atoms. The molecule has 0 aliphatic heterocycles. The van der Waals surface area contributed by atoms with E-state index in [-0.39, 0.29) is 29.1 Å². The zero-order chi connectivity index (χ0) is 20.3. The van der Waals surface area contributed by atoms with Gasteiger partial charge in [0.15, 0.2) is 16.0 Å². The van der Waals surface area contributed by atoms with Gasteiger partial charge < -0.3 is 10.1 Å². The van der Waals surface area contributed by atoms with Gasteiger partial charge in [-0.1, -0.05) is 27.7 Å². The van der Waals surface area contributed by atoms with Crippen molar-refractivity contribution >= 4 is 50.7 Å². The Morgan fingerprint density at radius 3 is 1.85 bits per heavy atom. The van der Waals surface area contributed by atoms with Crippen molar-refractivity contribution in [2.75, 3.05) is 17.7 Å². The first kappa shape index (κ1) is 21.0. The minimum atomic E-state index is -0.542. The van der Waals surface area contributed by atoms with E-state index in [0.717, 1.165) is 9.75 Å². The molecule has 0 unspecified atom stereocenters. The average molecular weight is 411 g/mol. The largest absolute Gasteiger partial charge is 0.464 e. The molecule has 2 heterocycles. The maximum atomic E-state index is 12.7. The number of ether oxygens (including phenoxy) is 1. The van der Waals surface area contributed by atoms with Crippen LogP contribution in [0.4, 0.5) is 10.3 Å². The van der Waals surface area contributed by atoms with Gasteiger partial charge in [0.1, 0.15) is 5.69 Å². The highest BCUT2D eigenvalue weighted by Gasteiger charge is 2.25. The van der Waals surface area contributed by atoms with E-state index in [1.54, 1.807) is 0 Å². The number of aromatic nitrogens is 2. The van der Waals surface area contributed by atoms with Crippen LogP contribution in [0.3, 0.4) is 0 Å². The van der Waals surface area contributed by atoms with E-state index in [1.165, 1.54) is 36.7 Å². The van der Waals surface area contributed by atoms with Crippen LogP contribution in [0.1, 0.15) is 77.2 Å². The number of carbonyl (C=O) groups is 3. The number of hydrogen-bond acceptors (Lipinski definition) is 8. The maximum absolute atomic E-state index is 12.7. The topological polar surface area (TPSA) is 110 Å². The summed E-state index contributed by atoms with van der Waals surface area (Å²) in [5, 5.41) is 5.98. The molecule has 0 spiro atoms. The van der Waals surface area contributed by atoms with Crippen LogP contribution in [0, 0.1) is 0 Å². The van der Waals surface area contributed by atoms with Crippen molar-refractivity contribution in [3.8, 4) is 0 Å². The summed E-state index contributed by atoms with van der Waals surface area (Å²) >= 11 is 2.49. The van der Waals surface area contributed by atoms with Crippen molar-refractivity contribution in [3.05, 3.63) is 21.1 Å². The van der Waals surface area contributed by atoms with E-state index >= 15 is 0 Å². The van der Waals surface area contributed by atoms with Crippen molar-refractivity contribution in [2.24, 2.45) is 0 Å². The normalized spacial score (nSPS) is 11.0.